The minimum Gasteiger partial charge on any atom is -0.477 e. The Morgan fingerprint density at radius 1 is 1.56 bits per heavy atom. The second-order valence-electron chi connectivity index (χ2n) is 3.05. The Morgan fingerprint density at radius 2 is 2.17 bits per heavy atom. The summed E-state index contributed by atoms with van der Waals surface area (Å²) in [5, 5.41) is 19.5. The summed E-state index contributed by atoms with van der Waals surface area (Å²) >= 11 is 5.42. The van der Waals surface area contributed by atoms with Crippen molar-refractivity contribution < 1.29 is 28.3 Å². The normalized spacial score (nSPS) is 10.4. The van der Waals surface area contributed by atoms with E-state index in [1.54, 1.807) is 0 Å². The Balaban J connectivity index is 3.43. The van der Waals surface area contributed by atoms with Gasteiger partial charge in [0.2, 0.25) is 0 Å². The highest BCUT2D eigenvalue weighted by atomic mass is 35.5. The number of carboxylic acid groups (broad SMARTS) is 1. The first-order chi connectivity index (χ1) is 8.36. The van der Waals surface area contributed by atoms with Crippen molar-refractivity contribution in [2.45, 2.75) is 12.5 Å². The molecule has 1 aromatic carbocycles. The number of benzene rings is 1. The molecular weight excluding hydrogens is 276 g/mol. The number of hydrogen-bond acceptors (Lipinski definition) is 4. The fourth-order valence-corrected chi connectivity index (χ4v) is 1.52. The maximum Gasteiger partial charge on any atom is 0.387 e. The molecule has 98 valence electrons. The average Bonchev–Trinajstić information content (AvgIpc) is 2.26. The molecule has 0 amide bonds. The minimum atomic E-state index is -3.17. The first-order valence-corrected chi connectivity index (χ1v) is 4.95. The highest BCUT2D eigenvalue weighted by molar-refractivity contribution is 6.17. The third kappa shape index (κ3) is 3.04. The molecule has 0 saturated carbocycles. The van der Waals surface area contributed by atoms with Gasteiger partial charge in [-0.1, -0.05) is 0 Å². The summed E-state index contributed by atoms with van der Waals surface area (Å²) in [5.74, 6) is -2.53. The fourth-order valence-electron chi connectivity index (χ4n) is 1.32. The quantitative estimate of drug-likeness (QED) is 0.509. The van der Waals surface area contributed by atoms with Crippen LogP contribution in [-0.2, 0) is 5.88 Å². The topological polar surface area (TPSA) is 89.7 Å². The molecule has 0 unspecified atom stereocenters. The zero-order valence-electron chi connectivity index (χ0n) is 8.60. The monoisotopic (exact) mass is 281 g/mol. The number of carboxylic acids is 1. The first kappa shape index (κ1) is 14.1. The van der Waals surface area contributed by atoms with Crippen LogP contribution in [0.1, 0.15) is 15.9 Å². The van der Waals surface area contributed by atoms with Crippen molar-refractivity contribution in [2.24, 2.45) is 0 Å². The molecule has 1 N–H and O–H groups in total. The molecule has 0 bridgehead atoms. The molecule has 0 fully saturated rings. The van der Waals surface area contributed by atoms with Gasteiger partial charge in [0.05, 0.1) is 10.8 Å². The van der Waals surface area contributed by atoms with Crippen molar-refractivity contribution in [1.82, 2.24) is 0 Å². The lowest BCUT2D eigenvalue weighted by molar-refractivity contribution is -0.385. The molecule has 1 aromatic rings. The Bertz CT molecular complexity index is 494. The summed E-state index contributed by atoms with van der Waals surface area (Å²) in [6.07, 6.45) is 0. The first-order valence-electron chi connectivity index (χ1n) is 4.42. The van der Waals surface area contributed by atoms with E-state index in [-0.39, 0.29) is 5.56 Å². The molecule has 0 aliphatic rings. The van der Waals surface area contributed by atoms with Crippen molar-refractivity contribution >= 4 is 23.3 Å². The summed E-state index contributed by atoms with van der Waals surface area (Å²) in [7, 11) is 0. The molecule has 0 heterocycles. The van der Waals surface area contributed by atoms with Crippen LogP contribution in [0.5, 0.6) is 5.75 Å². The Morgan fingerprint density at radius 3 is 2.56 bits per heavy atom. The number of nitro groups is 1. The van der Waals surface area contributed by atoms with Crippen LogP contribution in [-0.4, -0.2) is 22.6 Å². The van der Waals surface area contributed by atoms with Crippen molar-refractivity contribution in [3.63, 3.8) is 0 Å². The lowest BCUT2D eigenvalue weighted by Gasteiger charge is -2.08. The zero-order valence-corrected chi connectivity index (χ0v) is 9.36. The predicted molar refractivity (Wildman–Crippen MR) is 56.2 cm³/mol. The standard InChI is InChI=1S/C9H6ClF2NO5/c10-3-4-1-5(18-9(11)12)2-6(8(14)15)7(4)13(16)17/h1-2,9H,3H2,(H,14,15). The number of ether oxygens (including phenoxy) is 1. The van der Waals surface area contributed by atoms with Crippen LogP contribution >= 0.6 is 11.6 Å². The number of nitro benzene ring substituents is 1. The second-order valence-corrected chi connectivity index (χ2v) is 3.32. The van der Waals surface area contributed by atoms with Crippen molar-refractivity contribution in [2.75, 3.05) is 0 Å². The largest absolute Gasteiger partial charge is 0.477 e. The van der Waals surface area contributed by atoms with Gasteiger partial charge < -0.3 is 9.84 Å². The number of aromatic carboxylic acids is 1. The Kier molecular flexibility index (Phi) is 4.38. The molecule has 9 heteroatoms. The van der Waals surface area contributed by atoms with Crippen LogP contribution in [0.3, 0.4) is 0 Å². The molecule has 0 saturated heterocycles. The maximum atomic E-state index is 12.0. The van der Waals surface area contributed by atoms with E-state index < -0.39 is 40.4 Å². The van der Waals surface area contributed by atoms with E-state index in [9.17, 15) is 23.7 Å². The average molecular weight is 282 g/mol. The molecule has 0 aliphatic carbocycles. The van der Waals surface area contributed by atoms with E-state index in [1.807, 2.05) is 0 Å². The number of halogens is 3. The van der Waals surface area contributed by atoms with Crippen LogP contribution in [0.4, 0.5) is 14.5 Å². The summed E-state index contributed by atoms with van der Waals surface area (Å²) in [4.78, 5) is 20.6. The van der Waals surface area contributed by atoms with E-state index in [2.05, 4.69) is 4.74 Å². The minimum absolute atomic E-state index is 0.211. The van der Waals surface area contributed by atoms with Gasteiger partial charge in [-0.05, 0) is 6.07 Å². The maximum absolute atomic E-state index is 12.0. The third-order valence-electron chi connectivity index (χ3n) is 1.94. The fraction of sp³-hybridized carbons (Fsp3) is 0.222. The zero-order chi connectivity index (χ0) is 13.9. The molecule has 1 rings (SSSR count). The third-order valence-corrected chi connectivity index (χ3v) is 2.23. The SMILES string of the molecule is O=C(O)c1cc(OC(F)F)cc(CCl)c1[N+](=O)[O-]. The van der Waals surface area contributed by atoms with Crippen LogP contribution < -0.4 is 4.74 Å². The van der Waals surface area contributed by atoms with E-state index in [4.69, 9.17) is 16.7 Å². The molecule has 6 nitrogen and oxygen atoms in total. The number of rotatable bonds is 5. The van der Waals surface area contributed by atoms with E-state index in [0.29, 0.717) is 6.07 Å². The van der Waals surface area contributed by atoms with E-state index in [1.165, 1.54) is 0 Å². The van der Waals surface area contributed by atoms with Crippen LogP contribution in [0.2, 0.25) is 0 Å². The van der Waals surface area contributed by atoms with E-state index >= 15 is 0 Å². The number of alkyl halides is 3. The van der Waals surface area contributed by atoms with Gasteiger partial charge in [-0.2, -0.15) is 8.78 Å². The number of nitrogens with zero attached hydrogens (tertiary/aromatic N) is 1. The van der Waals surface area contributed by atoms with Gasteiger partial charge in [-0.15, -0.1) is 11.6 Å². The molecule has 0 spiro atoms. The van der Waals surface area contributed by atoms with Crippen LogP contribution in [0.25, 0.3) is 0 Å². The lowest BCUT2D eigenvalue weighted by atomic mass is 10.1. The van der Waals surface area contributed by atoms with Crippen molar-refractivity contribution in [3.05, 3.63) is 33.4 Å². The summed E-state index contributed by atoms with van der Waals surface area (Å²) in [5.41, 5.74) is -1.70. The summed E-state index contributed by atoms with van der Waals surface area (Å²) < 4.78 is 28.0. The molecular formula is C9H6ClF2NO5. The highest BCUT2D eigenvalue weighted by Crippen LogP contribution is 2.31. The van der Waals surface area contributed by atoms with E-state index in [0.717, 1.165) is 6.07 Å². The lowest BCUT2D eigenvalue weighted by Crippen LogP contribution is -2.08. The molecule has 0 aliphatic heterocycles. The highest BCUT2D eigenvalue weighted by Gasteiger charge is 2.26. The molecule has 18 heavy (non-hydrogen) atoms. The summed E-state index contributed by atoms with van der Waals surface area (Å²) in [6.45, 7) is -3.17. The van der Waals surface area contributed by atoms with Crippen molar-refractivity contribution in [3.8, 4) is 5.75 Å². The second kappa shape index (κ2) is 5.58. The van der Waals surface area contributed by atoms with Gasteiger partial charge >= 0.3 is 12.6 Å². The molecule has 0 atom stereocenters. The van der Waals surface area contributed by atoms with Gasteiger partial charge in [0.15, 0.2) is 0 Å². The van der Waals surface area contributed by atoms with Gasteiger partial charge in [-0.25, -0.2) is 4.79 Å². The number of carbonyl (C=O) groups is 1. The van der Waals surface area contributed by atoms with Gasteiger partial charge in [0.25, 0.3) is 5.69 Å². The predicted octanol–water partition coefficient (Wildman–Crippen LogP) is 2.63. The number of hydrogen-bond donors (Lipinski definition) is 1. The summed E-state index contributed by atoms with van der Waals surface area (Å²) in [6, 6.07) is 1.56. The van der Waals surface area contributed by atoms with Crippen molar-refractivity contribution in [1.29, 1.82) is 0 Å². The van der Waals surface area contributed by atoms with Gasteiger partial charge in [0, 0.05) is 11.6 Å². The Labute approximate surface area is 104 Å². The van der Waals surface area contributed by atoms with Gasteiger partial charge in [-0.3, -0.25) is 10.1 Å². The Hall–Kier alpha value is -1.96. The van der Waals surface area contributed by atoms with Crippen LogP contribution in [0.15, 0.2) is 12.1 Å². The van der Waals surface area contributed by atoms with Crippen LogP contribution in [0, 0.1) is 10.1 Å². The molecule has 0 radical (unpaired) electrons. The van der Waals surface area contributed by atoms with Gasteiger partial charge in [0.1, 0.15) is 11.3 Å². The smallest absolute Gasteiger partial charge is 0.387 e. The molecule has 0 aromatic heterocycles.